The predicted molar refractivity (Wildman–Crippen MR) is 90.1 cm³/mol. The molecule has 23 heavy (non-hydrogen) atoms. The molecule has 7 heteroatoms. The van der Waals surface area contributed by atoms with Gasteiger partial charge in [0.25, 0.3) is 0 Å². The number of nitrogens with zero attached hydrogens (tertiary/aromatic N) is 5. The summed E-state index contributed by atoms with van der Waals surface area (Å²) in [5, 5.41) is 10.3. The Morgan fingerprint density at radius 2 is 2.04 bits per heavy atom. The zero-order chi connectivity index (χ0) is 16.2. The van der Waals surface area contributed by atoms with Gasteiger partial charge in [-0.25, -0.2) is 0 Å². The summed E-state index contributed by atoms with van der Waals surface area (Å²) in [5.74, 6) is 0.923. The Kier molecular flexibility index (Phi) is 4.68. The van der Waals surface area contributed by atoms with Gasteiger partial charge in [0.15, 0.2) is 11.5 Å². The van der Waals surface area contributed by atoms with E-state index in [1.165, 1.54) is 4.88 Å². The fourth-order valence-corrected chi connectivity index (χ4v) is 3.13. The van der Waals surface area contributed by atoms with E-state index >= 15 is 0 Å². The molecule has 0 spiro atoms. The van der Waals surface area contributed by atoms with Crippen LogP contribution in [0.5, 0.6) is 0 Å². The molecule has 0 aliphatic heterocycles. The molecule has 1 amide bonds. The molecule has 0 fully saturated rings. The molecule has 0 aromatic carbocycles. The molecule has 3 aromatic heterocycles. The van der Waals surface area contributed by atoms with Crippen molar-refractivity contribution in [3.63, 3.8) is 0 Å². The van der Waals surface area contributed by atoms with Crippen LogP contribution in [0.15, 0.2) is 41.9 Å². The SMILES string of the molecule is CN(CC(=O)N(C)Cc1cccs1)Cc1nnc2ccccn12. The number of carbonyl (C=O) groups is 1. The zero-order valence-corrected chi connectivity index (χ0v) is 14.0. The molecule has 0 aliphatic carbocycles. The lowest BCUT2D eigenvalue weighted by atomic mass is 10.4. The minimum absolute atomic E-state index is 0.0923. The monoisotopic (exact) mass is 329 g/mol. The second kappa shape index (κ2) is 6.89. The molecule has 0 atom stereocenters. The average Bonchev–Trinajstić information content (AvgIpc) is 3.17. The highest BCUT2D eigenvalue weighted by Gasteiger charge is 2.14. The maximum atomic E-state index is 12.3. The van der Waals surface area contributed by atoms with Gasteiger partial charge in [-0.1, -0.05) is 12.1 Å². The number of amides is 1. The topological polar surface area (TPSA) is 53.7 Å². The molecule has 0 radical (unpaired) electrons. The maximum absolute atomic E-state index is 12.3. The van der Waals surface area contributed by atoms with E-state index in [4.69, 9.17) is 0 Å². The van der Waals surface area contributed by atoms with Crippen LogP contribution in [0.3, 0.4) is 0 Å². The second-order valence-corrected chi connectivity index (χ2v) is 6.58. The normalized spacial score (nSPS) is 11.3. The second-order valence-electron chi connectivity index (χ2n) is 5.55. The highest BCUT2D eigenvalue weighted by Crippen LogP contribution is 2.11. The first kappa shape index (κ1) is 15.6. The van der Waals surface area contributed by atoms with Crippen molar-refractivity contribution in [1.29, 1.82) is 0 Å². The van der Waals surface area contributed by atoms with Crippen LogP contribution < -0.4 is 0 Å². The number of thiophene rings is 1. The van der Waals surface area contributed by atoms with Crippen molar-refractivity contribution in [1.82, 2.24) is 24.4 Å². The molecular formula is C16H19N5OS. The van der Waals surface area contributed by atoms with Gasteiger partial charge in [0, 0.05) is 18.1 Å². The Balaban J connectivity index is 1.58. The summed E-state index contributed by atoms with van der Waals surface area (Å²) in [6.07, 6.45) is 1.93. The number of hydrogen-bond donors (Lipinski definition) is 0. The molecule has 0 unspecified atom stereocenters. The fraction of sp³-hybridized carbons (Fsp3) is 0.312. The lowest BCUT2D eigenvalue weighted by Crippen LogP contribution is -2.36. The molecule has 0 saturated carbocycles. The van der Waals surface area contributed by atoms with Crippen molar-refractivity contribution in [2.45, 2.75) is 13.1 Å². The van der Waals surface area contributed by atoms with E-state index in [0.29, 0.717) is 19.6 Å². The smallest absolute Gasteiger partial charge is 0.236 e. The van der Waals surface area contributed by atoms with Crippen molar-refractivity contribution in [2.75, 3.05) is 20.6 Å². The van der Waals surface area contributed by atoms with Crippen molar-refractivity contribution < 1.29 is 4.79 Å². The van der Waals surface area contributed by atoms with Gasteiger partial charge in [-0.2, -0.15) is 0 Å². The zero-order valence-electron chi connectivity index (χ0n) is 13.2. The largest absolute Gasteiger partial charge is 0.340 e. The third kappa shape index (κ3) is 3.75. The molecular weight excluding hydrogens is 310 g/mol. The van der Waals surface area contributed by atoms with E-state index in [1.807, 2.05) is 65.3 Å². The molecule has 3 heterocycles. The summed E-state index contributed by atoms with van der Waals surface area (Å²) >= 11 is 1.66. The summed E-state index contributed by atoms with van der Waals surface area (Å²) in [4.78, 5) is 17.2. The quantitative estimate of drug-likeness (QED) is 0.693. The van der Waals surface area contributed by atoms with Gasteiger partial charge in [-0.05, 0) is 30.6 Å². The highest BCUT2D eigenvalue weighted by atomic mass is 32.1. The molecule has 6 nitrogen and oxygen atoms in total. The lowest BCUT2D eigenvalue weighted by Gasteiger charge is -2.21. The maximum Gasteiger partial charge on any atom is 0.236 e. The Morgan fingerprint density at radius 3 is 2.83 bits per heavy atom. The molecule has 0 N–H and O–H groups in total. The van der Waals surface area contributed by atoms with Crippen molar-refractivity contribution in [2.24, 2.45) is 0 Å². The number of aromatic nitrogens is 3. The Bertz CT molecular complexity index is 783. The third-order valence-corrected chi connectivity index (χ3v) is 4.46. The van der Waals surface area contributed by atoms with E-state index < -0.39 is 0 Å². The minimum atomic E-state index is 0.0923. The summed E-state index contributed by atoms with van der Waals surface area (Å²) in [5.41, 5.74) is 0.817. The fourth-order valence-electron chi connectivity index (χ4n) is 2.37. The molecule has 3 aromatic rings. The highest BCUT2D eigenvalue weighted by molar-refractivity contribution is 7.09. The van der Waals surface area contributed by atoms with Gasteiger partial charge < -0.3 is 4.90 Å². The number of pyridine rings is 1. The molecule has 3 rings (SSSR count). The van der Waals surface area contributed by atoms with Crippen LogP contribution in [0.2, 0.25) is 0 Å². The first-order valence-electron chi connectivity index (χ1n) is 7.37. The number of likely N-dealkylation sites (N-methyl/N-ethyl adjacent to an activating group) is 2. The summed E-state index contributed by atoms with van der Waals surface area (Å²) < 4.78 is 1.94. The number of rotatable bonds is 6. The van der Waals surface area contributed by atoms with E-state index in [-0.39, 0.29) is 5.91 Å². The van der Waals surface area contributed by atoms with Crippen LogP contribution in [0.4, 0.5) is 0 Å². The van der Waals surface area contributed by atoms with E-state index in [9.17, 15) is 4.79 Å². The van der Waals surface area contributed by atoms with E-state index in [2.05, 4.69) is 10.2 Å². The molecule has 0 saturated heterocycles. The first-order valence-corrected chi connectivity index (χ1v) is 8.25. The minimum Gasteiger partial charge on any atom is -0.340 e. The van der Waals surface area contributed by atoms with E-state index in [1.54, 1.807) is 16.2 Å². The number of fused-ring (bicyclic) bond motifs is 1. The van der Waals surface area contributed by atoms with Crippen LogP contribution in [0.25, 0.3) is 5.65 Å². The Hall–Kier alpha value is -2.25. The van der Waals surface area contributed by atoms with Crippen molar-refractivity contribution in [3.05, 3.63) is 52.6 Å². The molecule has 120 valence electrons. The average molecular weight is 329 g/mol. The standard InChI is InChI=1S/C16H19N5OS/c1-19(11-15-18-17-14-7-3-4-8-21(14)15)12-16(22)20(2)10-13-6-5-9-23-13/h3-9H,10-12H2,1-2H3. The van der Waals surface area contributed by atoms with Gasteiger partial charge in [0.05, 0.1) is 19.6 Å². The summed E-state index contributed by atoms with van der Waals surface area (Å²) in [6.45, 7) is 1.57. The van der Waals surface area contributed by atoms with Gasteiger partial charge in [0.2, 0.25) is 5.91 Å². The molecule has 0 bridgehead atoms. The first-order chi connectivity index (χ1) is 11.1. The predicted octanol–water partition coefficient (Wildman–Crippen LogP) is 1.88. The van der Waals surface area contributed by atoms with Gasteiger partial charge >= 0.3 is 0 Å². The Morgan fingerprint density at radius 1 is 1.17 bits per heavy atom. The van der Waals surface area contributed by atoms with Gasteiger partial charge in [-0.3, -0.25) is 14.1 Å². The Labute approximate surface area is 139 Å². The summed E-state index contributed by atoms with van der Waals surface area (Å²) in [6, 6.07) is 9.83. The molecule has 0 aliphatic rings. The van der Waals surface area contributed by atoms with Crippen LogP contribution in [0, 0.1) is 0 Å². The third-order valence-electron chi connectivity index (χ3n) is 3.60. The lowest BCUT2D eigenvalue weighted by molar-refractivity contribution is -0.131. The van der Waals surface area contributed by atoms with Gasteiger partial charge in [-0.15, -0.1) is 21.5 Å². The van der Waals surface area contributed by atoms with Crippen LogP contribution >= 0.6 is 11.3 Å². The van der Waals surface area contributed by atoms with Crippen LogP contribution in [-0.2, 0) is 17.9 Å². The van der Waals surface area contributed by atoms with Crippen LogP contribution in [-0.4, -0.2) is 50.9 Å². The number of carbonyl (C=O) groups excluding carboxylic acids is 1. The van der Waals surface area contributed by atoms with Gasteiger partial charge in [0.1, 0.15) is 0 Å². The van der Waals surface area contributed by atoms with Crippen LogP contribution in [0.1, 0.15) is 10.7 Å². The van der Waals surface area contributed by atoms with E-state index in [0.717, 1.165) is 11.5 Å². The van der Waals surface area contributed by atoms with Crippen molar-refractivity contribution >= 4 is 22.9 Å². The van der Waals surface area contributed by atoms with Crippen molar-refractivity contribution in [3.8, 4) is 0 Å². The number of hydrogen-bond acceptors (Lipinski definition) is 5. The summed E-state index contributed by atoms with van der Waals surface area (Å²) in [7, 11) is 3.75.